The van der Waals surface area contributed by atoms with Gasteiger partial charge in [0.15, 0.2) is 0 Å². The number of benzene rings is 1. The number of hydrogen-bond acceptors (Lipinski definition) is 4. The van der Waals surface area contributed by atoms with Crippen LogP contribution in [0.4, 0.5) is 4.79 Å². The Morgan fingerprint density at radius 1 is 1.21 bits per heavy atom. The minimum atomic E-state index is -3.84. The zero-order valence-corrected chi connectivity index (χ0v) is 11.6. The van der Waals surface area contributed by atoms with Gasteiger partial charge in [-0.1, -0.05) is 17.7 Å². The van der Waals surface area contributed by atoms with Crippen LogP contribution < -0.4 is 4.72 Å². The largest absolute Gasteiger partial charge is 0.446 e. The number of rotatable bonds is 3. The predicted molar refractivity (Wildman–Crippen MR) is 70.2 cm³/mol. The van der Waals surface area contributed by atoms with Gasteiger partial charge in [0.2, 0.25) is 0 Å². The highest BCUT2D eigenvalue weighted by atomic mass is 32.2. The fourth-order valence-corrected chi connectivity index (χ4v) is 2.95. The van der Waals surface area contributed by atoms with E-state index in [0.29, 0.717) is 0 Å². The number of sulfonamides is 1. The number of aryl methyl sites for hydroxylation is 1. The van der Waals surface area contributed by atoms with E-state index in [1.165, 1.54) is 12.1 Å². The summed E-state index contributed by atoms with van der Waals surface area (Å²) in [4.78, 5) is 11.6. The normalized spacial score (nSPS) is 16.3. The van der Waals surface area contributed by atoms with Crippen LogP contribution in [0.5, 0.6) is 0 Å². The zero-order valence-electron chi connectivity index (χ0n) is 10.8. The van der Waals surface area contributed by atoms with Gasteiger partial charge in [0.1, 0.15) is 6.10 Å². The smallest absolute Gasteiger partial charge is 0.421 e. The van der Waals surface area contributed by atoms with Crippen LogP contribution in [0.15, 0.2) is 29.2 Å². The molecule has 1 aromatic carbocycles. The number of amides is 1. The Morgan fingerprint density at radius 2 is 1.79 bits per heavy atom. The number of hydrogen-bond donors (Lipinski definition) is 1. The molecule has 0 spiro atoms. The molecular weight excluding hydrogens is 266 g/mol. The molecule has 0 aliphatic heterocycles. The highest BCUT2D eigenvalue weighted by Crippen LogP contribution is 2.21. The lowest BCUT2D eigenvalue weighted by Crippen LogP contribution is -2.33. The Morgan fingerprint density at radius 3 is 2.37 bits per heavy atom. The van der Waals surface area contributed by atoms with Gasteiger partial charge in [0.05, 0.1) is 4.90 Å². The number of ether oxygens (including phenoxy) is 1. The minimum absolute atomic E-state index is 0.0569. The molecule has 0 heterocycles. The van der Waals surface area contributed by atoms with Crippen molar-refractivity contribution in [3.05, 3.63) is 29.8 Å². The molecule has 6 heteroatoms. The minimum Gasteiger partial charge on any atom is -0.446 e. The summed E-state index contributed by atoms with van der Waals surface area (Å²) in [6.07, 6.45) is 2.59. The van der Waals surface area contributed by atoms with Crippen molar-refractivity contribution in [3.8, 4) is 0 Å². The number of nitrogens with one attached hydrogen (secondary N) is 1. The maximum atomic E-state index is 11.9. The van der Waals surface area contributed by atoms with Crippen molar-refractivity contribution >= 4 is 16.1 Å². The molecule has 1 aliphatic rings. The van der Waals surface area contributed by atoms with Crippen LogP contribution in [-0.2, 0) is 14.8 Å². The van der Waals surface area contributed by atoms with E-state index in [1.54, 1.807) is 12.1 Å². The molecule has 1 fully saturated rings. The Bertz CT molecular complexity index is 545. The standard InChI is InChI=1S/C13H17NO4S/c1-10-6-8-12(9-7-10)19(16,17)14-13(15)18-11-4-2-3-5-11/h6-9,11H,2-5H2,1H3,(H,14,15). The van der Waals surface area contributed by atoms with E-state index in [9.17, 15) is 13.2 Å². The lowest BCUT2D eigenvalue weighted by Gasteiger charge is -2.12. The van der Waals surface area contributed by atoms with Crippen molar-refractivity contribution in [1.29, 1.82) is 0 Å². The number of carbonyl (C=O) groups excluding carboxylic acids is 1. The highest BCUT2D eigenvalue weighted by molar-refractivity contribution is 7.90. The van der Waals surface area contributed by atoms with E-state index in [4.69, 9.17) is 4.74 Å². The molecule has 104 valence electrons. The zero-order chi connectivity index (χ0) is 13.9. The van der Waals surface area contributed by atoms with Gasteiger partial charge in [-0.05, 0) is 44.7 Å². The maximum Gasteiger partial charge on any atom is 0.421 e. The summed E-state index contributed by atoms with van der Waals surface area (Å²) in [5.41, 5.74) is 0.951. The van der Waals surface area contributed by atoms with Crippen molar-refractivity contribution in [3.63, 3.8) is 0 Å². The summed E-state index contributed by atoms with van der Waals surface area (Å²) in [6.45, 7) is 1.86. The van der Waals surface area contributed by atoms with Gasteiger partial charge in [0.25, 0.3) is 10.0 Å². The SMILES string of the molecule is Cc1ccc(S(=O)(=O)NC(=O)OC2CCCC2)cc1. The quantitative estimate of drug-likeness (QED) is 0.924. The van der Waals surface area contributed by atoms with Crippen molar-refractivity contribution in [2.45, 2.75) is 43.6 Å². The molecule has 1 aliphatic carbocycles. The van der Waals surface area contributed by atoms with Crippen LogP contribution in [0.25, 0.3) is 0 Å². The Hall–Kier alpha value is -1.56. The third-order valence-electron chi connectivity index (χ3n) is 3.12. The van der Waals surface area contributed by atoms with Crippen LogP contribution in [0.1, 0.15) is 31.2 Å². The molecule has 1 saturated carbocycles. The topological polar surface area (TPSA) is 72.5 Å². The second-order valence-corrected chi connectivity index (χ2v) is 6.41. The van der Waals surface area contributed by atoms with Crippen molar-refractivity contribution < 1.29 is 17.9 Å². The summed E-state index contributed by atoms with van der Waals surface area (Å²) in [5, 5.41) is 0. The maximum absolute atomic E-state index is 11.9. The first-order valence-electron chi connectivity index (χ1n) is 6.27. The molecule has 0 saturated heterocycles. The molecule has 0 atom stereocenters. The van der Waals surface area contributed by atoms with Gasteiger partial charge in [-0.25, -0.2) is 17.9 Å². The summed E-state index contributed by atoms with van der Waals surface area (Å²) >= 11 is 0. The Balaban J connectivity index is 2.00. The van der Waals surface area contributed by atoms with Gasteiger partial charge in [-0.2, -0.15) is 0 Å². The summed E-state index contributed by atoms with van der Waals surface area (Å²) in [7, 11) is -3.84. The average Bonchev–Trinajstić information content (AvgIpc) is 2.81. The molecule has 1 amide bonds. The molecule has 1 aromatic rings. The lowest BCUT2D eigenvalue weighted by atomic mass is 10.2. The van der Waals surface area contributed by atoms with Crippen molar-refractivity contribution in [2.24, 2.45) is 0 Å². The molecular formula is C13H17NO4S. The van der Waals surface area contributed by atoms with E-state index in [1.807, 2.05) is 11.6 Å². The van der Waals surface area contributed by atoms with E-state index in [-0.39, 0.29) is 11.0 Å². The van der Waals surface area contributed by atoms with Gasteiger partial charge < -0.3 is 4.74 Å². The molecule has 0 aromatic heterocycles. The predicted octanol–water partition coefficient (Wildman–Crippen LogP) is 2.35. The average molecular weight is 283 g/mol. The molecule has 19 heavy (non-hydrogen) atoms. The monoisotopic (exact) mass is 283 g/mol. The molecule has 2 rings (SSSR count). The first kappa shape index (κ1) is 13.9. The first-order valence-corrected chi connectivity index (χ1v) is 7.76. The van der Waals surface area contributed by atoms with Crippen molar-refractivity contribution in [2.75, 3.05) is 0 Å². The van der Waals surface area contributed by atoms with Gasteiger partial charge in [0, 0.05) is 0 Å². The molecule has 0 unspecified atom stereocenters. The van der Waals surface area contributed by atoms with Gasteiger partial charge in [-0.3, -0.25) is 0 Å². The second-order valence-electron chi connectivity index (χ2n) is 4.73. The molecule has 0 radical (unpaired) electrons. The van der Waals surface area contributed by atoms with Gasteiger partial charge >= 0.3 is 6.09 Å². The van der Waals surface area contributed by atoms with Crippen LogP contribution in [-0.4, -0.2) is 20.6 Å². The van der Waals surface area contributed by atoms with Gasteiger partial charge in [-0.15, -0.1) is 0 Å². The fourth-order valence-electron chi connectivity index (χ4n) is 2.07. The highest BCUT2D eigenvalue weighted by Gasteiger charge is 2.23. The van der Waals surface area contributed by atoms with E-state index in [2.05, 4.69) is 0 Å². The number of carbonyl (C=O) groups is 1. The van der Waals surface area contributed by atoms with Crippen LogP contribution in [0.2, 0.25) is 0 Å². The second kappa shape index (κ2) is 5.61. The summed E-state index contributed by atoms with van der Waals surface area (Å²) in [5.74, 6) is 0. The fraction of sp³-hybridized carbons (Fsp3) is 0.462. The Labute approximate surface area is 113 Å². The Kier molecular flexibility index (Phi) is 4.09. The van der Waals surface area contributed by atoms with Crippen LogP contribution in [0, 0.1) is 6.92 Å². The first-order chi connectivity index (χ1) is 8.97. The van der Waals surface area contributed by atoms with Crippen LogP contribution >= 0.6 is 0 Å². The summed E-state index contributed by atoms with van der Waals surface area (Å²) in [6, 6.07) is 6.27. The third-order valence-corrected chi connectivity index (χ3v) is 4.45. The molecule has 0 bridgehead atoms. The van der Waals surface area contributed by atoms with Crippen molar-refractivity contribution in [1.82, 2.24) is 4.72 Å². The molecule has 5 nitrogen and oxygen atoms in total. The molecule has 1 N–H and O–H groups in total. The lowest BCUT2D eigenvalue weighted by molar-refractivity contribution is 0.106. The summed E-state index contributed by atoms with van der Waals surface area (Å²) < 4.78 is 30.8. The van der Waals surface area contributed by atoms with Crippen LogP contribution in [0.3, 0.4) is 0 Å². The van der Waals surface area contributed by atoms with E-state index < -0.39 is 16.1 Å². The third kappa shape index (κ3) is 3.70. The van der Waals surface area contributed by atoms with E-state index >= 15 is 0 Å². The van der Waals surface area contributed by atoms with E-state index in [0.717, 1.165) is 31.2 Å².